The van der Waals surface area contributed by atoms with Crippen LogP contribution in [0.1, 0.15) is 67.7 Å². The van der Waals surface area contributed by atoms with Crippen molar-refractivity contribution in [2.45, 2.75) is 58.2 Å². The van der Waals surface area contributed by atoms with E-state index in [0.717, 1.165) is 12.5 Å². The third kappa shape index (κ3) is 8.35. The summed E-state index contributed by atoms with van der Waals surface area (Å²) >= 11 is 0. The zero-order valence-corrected chi connectivity index (χ0v) is 23.6. The van der Waals surface area contributed by atoms with Crippen molar-refractivity contribution in [3.8, 4) is 0 Å². The second-order valence-corrected chi connectivity index (χ2v) is 10.5. The van der Waals surface area contributed by atoms with Gasteiger partial charge in [-0.15, -0.1) is 0 Å². The summed E-state index contributed by atoms with van der Waals surface area (Å²) in [5, 5.41) is 5.51. The summed E-state index contributed by atoms with van der Waals surface area (Å²) in [6.07, 6.45) is 1.66. The molecule has 1 aliphatic carbocycles. The monoisotopic (exact) mass is 576 g/mol. The average molecular weight is 577 g/mol. The van der Waals surface area contributed by atoms with Gasteiger partial charge in [-0.1, -0.05) is 80.8 Å². The van der Waals surface area contributed by atoms with Gasteiger partial charge in [-0.3, -0.25) is 9.59 Å². The van der Waals surface area contributed by atoms with Gasteiger partial charge in [-0.05, 0) is 55.2 Å². The van der Waals surface area contributed by atoms with Gasteiger partial charge in [-0.2, -0.15) is 13.2 Å². The van der Waals surface area contributed by atoms with Crippen LogP contribution in [0.15, 0.2) is 91.0 Å². The molecule has 0 spiro atoms. The second kappa shape index (κ2) is 14.0. The van der Waals surface area contributed by atoms with E-state index < -0.39 is 17.6 Å². The summed E-state index contributed by atoms with van der Waals surface area (Å²) in [5.74, 6) is 0.478. The molecule has 4 rings (SSSR count). The quantitative estimate of drug-likeness (QED) is 0.178. The minimum atomic E-state index is -4.54. The average Bonchev–Trinajstić information content (AvgIpc) is 3.52. The van der Waals surface area contributed by atoms with Crippen molar-refractivity contribution >= 4 is 29.0 Å². The molecule has 0 radical (unpaired) electrons. The van der Waals surface area contributed by atoms with E-state index >= 15 is 0 Å². The van der Waals surface area contributed by atoms with E-state index in [2.05, 4.69) is 17.2 Å². The first-order chi connectivity index (χ1) is 20.1. The van der Waals surface area contributed by atoms with Gasteiger partial charge in [0.25, 0.3) is 5.91 Å². The number of benzene rings is 3. The van der Waals surface area contributed by atoms with Crippen molar-refractivity contribution in [1.82, 2.24) is 5.32 Å². The molecule has 1 fully saturated rings. The molecule has 8 heteroatoms. The highest BCUT2D eigenvalue weighted by atomic mass is 19.4. The molecular formula is C34H35F3N2O3. The summed E-state index contributed by atoms with van der Waals surface area (Å²) in [4.78, 5) is 25.7. The van der Waals surface area contributed by atoms with Gasteiger partial charge < -0.3 is 15.4 Å². The van der Waals surface area contributed by atoms with Crippen molar-refractivity contribution < 1.29 is 27.5 Å². The van der Waals surface area contributed by atoms with Crippen LogP contribution in [0, 0.1) is 5.92 Å². The number of rotatable bonds is 11. The number of halogens is 3. The molecule has 0 bridgehead atoms. The highest BCUT2D eigenvalue weighted by Crippen LogP contribution is 2.32. The van der Waals surface area contributed by atoms with Gasteiger partial charge in [0.15, 0.2) is 0 Å². The van der Waals surface area contributed by atoms with E-state index in [0.29, 0.717) is 34.9 Å². The maximum atomic E-state index is 13.4. The van der Waals surface area contributed by atoms with Crippen LogP contribution in [-0.4, -0.2) is 11.8 Å². The fourth-order valence-electron chi connectivity index (χ4n) is 5.08. The molecule has 1 saturated carbocycles. The largest absolute Gasteiger partial charge is 0.456 e. The molecular weight excluding hydrogens is 541 g/mol. The highest BCUT2D eigenvalue weighted by Gasteiger charge is 2.33. The zero-order chi connectivity index (χ0) is 30.1. The van der Waals surface area contributed by atoms with E-state index in [1.165, 1.54) is 50.8 Å². The van der Waals surface area contributed by atoms with Gasteiger partial charge >= 0.3 is 6.18 Å². The molecule has 0 aliphatic heterocycles. The highest BCUT2D eigenvalue weighted by molar-refractivity contribution is 6.00. The molecule has 0 unspecified atom stereocenters. The van der Waals surface area contributed by atoms with Crippen molar-refractivity contribution in [2.24, 2.45) is 5.92 Å². The number of hydrogen-bond donors (Lipinski definition) is 2. The normalized spacial score (nSPS) is 14.2. The first-order valence-corrected chi connectivity index (χ1v) is 14.1. The second-order valence-electron chi connectivity index (χ2n) is 10.5. The summed E-state index contributed by atoms with van der Waals surface area (Å²) in [7, 11) is 0. The summed E-state index contributed by atoms with van der Waals surface area (Å²) < 4.78 is 46.4. The lowest BCUT2D eigenvalue weighted by Gasteiger charge is -2.17. The Morgan fingerprint density at radius 3 is 2.21 bits per heavy atom. The number of amides is 2. The molecule has 42 heavy (non-hydrogen) atoms. The Kier molecular flexibility index (Phi) is 10.2. The van der Waals surface area contributed by atoms with Crippen LogP contribution >= 0.6 is 0 Å². The van der Waals surface area contributed by atoms with Crippen LogP contribution < -0.4 is 10.6 Å². The number of alkyl halides is 3. The molecule has 3 aromatic carbocycles. The molecule has 0 aromatic heterocycles. The van der Waals surface area contributed by atoms with Crippen molar-refractivity contribution in [3.05, 3.63) is 113 Å². The third-order valence-electron chi connectivity index (χ3n) is 7.45. The van der Waals surface area contributed by atoms with E-state index in [1.54, 1.807) is 24.3 Å². The topological polar surface area (TPSA) is 67.4 Å². The Morgan fingerprint density at radius 1 is 0.905 bits per heavy atom. The predicted molar refractivity (Wildman–Crippen MR) is 159 cm³/mol. The van der Waals surface area contributed by atoms with E-state index in [1.807, 2.05) is 30.3 Å². The minimum absolute atomic E-state index is 0.0460. The van der Waals surface area contributed by atoms with Crippen molar-refractivity contribution in [1.29, 1.82) is 0 Å². The van der Waals surface area contributed by atoms with Crippen molar-refractivity contribution in [3.63, 3.8) is 0 Å². The predicted octanol–water partition coefficient (Wildman–Crippen LogP) is 8.35. The number of hydrogen-bond acceptors (Lipinski definition) is 3. The Bertz CT molecular complexity index is 1420. The number of carbonyl (C=O) groups excluding carboxylic acids is 2. The standard InChI is InChI=1S/C34H35F3N2O3/c1-23(33(41)38-22-28-14-8-9-15-30(28)34(35,36)37)32(42-24(2)26-12-4-3-5-13-26)27-17-19-29(20-18-27)39-31(40)21-16-25-10-6-7-11-25/h3-5,8-9,12-15,17-20,25H,2,6-7,10-11,16,21-22H2,1H3,(H,38,41)(H,39,40)/b32-23+. The molecule has 0 atom stereocenters. The maximum Gasteiger partial charge on any atom is 0.416 e. The SMILES string of the molecule is C=C(O/C(=C(\C)C(=O)NCc1ccccc1C(F)(F)F)c1ccc(NC(=O)CCC2CCCC2)cc1)c1ccccc1. The summed E-state index contributed by atoms with van der Waals surface area (Å²) in [5.41, 5.74) is 1.16. The first-order valence-electron chi connectivity index (χ1n) is 14.1. The molecule has 1 aliphatic rings. The molecule has 2 amide bonds. The maximum absolute atomic E-state index is 13.4. The van der Waals surface area contributed by atoms with E-state index in [-0.39, 0.29) is 29.3 Å². The van der Waals surface area contributed by atoms with Crippen LogP contribution in [0.4, 0.5) is 18.9 Å². The Labute approximate surface area is 244 Å². The number of ether oxygens (including phenoxy) is 1. The molecule has 5 nitrogen and oxygen atoms in total. The fourth-order valence-corrected chi connectivity index (χ4v) is 5.08. The van der Waals surface area contributed by atoms with Gasteiger partial charge in [-0.25, -0.2) is 0 Å². The lowest BCUT2D eigenvalue weighted by Crippen LogP contribution is -2.26. The fraction of sp³-hybridized carbons (Fsp3) is 0.294. The number of carbonyl (C=O) groups is 2. The third-order valence-corrected chi connectivity index (χ3v) is 7.45. The van der Waals surface area contributed by atoms with Gasteiger partial charge in [0.05, 0.1) is 11.1 Å². The van der Waals surface area contributed by atoms with Crippen LogP contribution in [-0.2, 0) is 27.0 Å². The van der Waals surface area contributed by atoms with E-state index in [9.17, 15) is 22.8 Å². The Hall–Kier alpha value is -4.33. The lowest BCUT2D eigenvalue weighted by molar-refractivity contribution is -0.138. The lowest BCUT2D eigenvalue weighted by atomic mass is 10.0. The molecule has 0 heterocycles. The van der Waals surface area contributed by atoms with Crippen LogP contribution in [0.3, 0.4) is 0 Å². The van der Waals surface area contributed by atoms with Gasteiger partial charge in [0.2, 0.25) is 5.91 Å². The van der Waals surface area contributed by atoms with Crippen LogP contribution in [0.2, 0.25) is 0 Å². The van der Waals surface area contributed by atoms with Crippen LogP contribution in [0.25, 0.3) is 11.5 Å². The summed E-state index contributed by atoms with van der Waals surface area (Å²) in [6.45, 7) is 5.23. The molecule has 0 saturated heterocycles. The zero-order valence-electron chi connectivity index (χ0n) is 23.6. The first kappa shape index (κ1) is 30.6. The van der Waals surface area contributed by atoms with Gasteiger partial charge in [0, 0.05) is 29.8 Å². The number of nitrogens with one attached hydrogen (secondary N) is 2. The molecule has 3 aromatic rings. The Balaban J connectivity index is 1.52. The van der Waals surface area contributed by atoms with Crippen LogP contribution in [0.5, 0.6) is 0 Å². The van der Waals surface area contributed by atoms with E-state index in [4.69, 9.17) is 4.74 Å². The minimum Gasteiger partial charge on any atom is -0.456 e. The summed E-state index contributed by atoms with van der Waals surface area (Å²) in [6, 6.07) is 21.1. The molecule has 220 valence electrons. The van der Waals surface area contributed by atoms with Gasteiger partial charge in [0.1, 0.15) is 11.5 Å². The molecule has 2 N–H and O–H groups in total. The van der Waals surface area contributed by atoms with Crippen molar-refractivity contribution in [2.75, 3.05) is 5.32 Å². The smallest absolute Gasteiger partial charge is 0.416 e. The number of anilines is 1. The Morgan fingerprint density at radius 2 is 1.55 bits per heavy atom.